The second kappa shape index (κ2) is 10.6. The average Bonchev–Trinajstić information content (AvgIpc) is 3.21. The summed E-state index contributed by atoms with van der Waals surface area (Å²) in [5.74, 6) is -0.400. The molecule has 4 rings (SSSR count). The van der Waals surface area contributed by atoms with Crippen LogP contribution in [-0.4, -0.2) is 33.5 Å². The number of halogens is 4. The van der Waals surface area contributed by atoms with Crippen LogP contribution in [0.2, 0.25) is 0 Å². The number of nitrogens with one attached hydrogen (secondary N) is 3. The first kappa shape index (κ1) is 24.2. The Bertz CT molecular complexity index is 1220. The molecule has 1 unspecified atom stereocenters. The molecule has 0 spiro atoms. The van der Waals surface area contributed by atoms with Gasteiger partial charge >= 0.3 is 228 Å². The average molecular weight is 791 g/mol. The van der Waals surface area contributed by atoms with Gasteiger partial charge < -0.3 is 0 Å². The normalized spacial score (nSPS) is 14.9. The molecule has 1 aromatic carbocycles. The number of carbonyl (C=O) groups is 2. The summed E-state index contributed by atoms with van der Waals surface area (Å²) >= 11 is 2.22. The Balaban J connectivity index is 1.93. The number of alkyl halides is 1. The van der Waals surface area contributed by atoms with E-state index in [4.69, 9.17) is 10.9 Å². The van der Waals surface area contributed by atoms with Gasteiger partial charge in [-0.3, -0.25) is 0 Å². The number of anilines is 2. The summed E-state index contributed by atoms with van der Waals surface area (Å²) in [6.45, 7) is 0.305. The number of H-pyrrole nitrogens is 1. The van der Waals surface area contributed by atoms with Crippen molar-refractivity contribution in [2.75, 3.05) is 19.0 Å². The number of para-hydroxylation sites is 1. The molecule has 1 aliphatic heterocycles. The van der Waals surface area contributed by atoms with Crippen LogP contribution in [0.1, 0.15) is 20.0 Å². The molecule has 13 heteroatoms. The molecule has 1 amide bonds. The molecule has 0 bridgehead atoms. The van der Waals surface area contributed by atoms with E-state index in [2.05, 4.69) is 20.6 Å². The van der Waals surface area contributed by atoms with Crippen LogP contribution in [0.25, 0.3) is 11.3 Å². The Hall–Kier alpha value is -1.89. The Kier molecular flexibility index (Phi) is 7.77. The van der Waals surface area contributed by atoms with Gasteiger partial charge in [0.1, 0.15) is 0 Å². The first-order valence-corrected chi connectivity index (χ1v) is 13.4. The molecule has 0 saturated heterocycles. The first-order chi connectivity index (χ1) is 16.0. The Morgan fingerprint density at radius 2 is 2.15 bits per heavy atom. The van der Waals surface area contributed by atoms with Crippen LogP contribution in [0.4, 0.5) is 20.6 Å². The third-order valence-corrected chi connectivity index (χ3v) is 9.12. The molecule has 0 aliphatic carbocycles. The number of methoxy groups -OCH3 is 1. The molecule has 3 N–H and O–H groups in total. The van der Waals surface area contributed by atoms with Gasteiger partial charge in [0.25, 0.3) is 0 Å². The van der Waals surface area contributed by atoms with Crippen molar-refractivity contribution < 1.29 is 46.1 Å². The first-order valence-electron chi connectivity index (χ1n) is 9.31. The zero-order valence-corrected chi connectivity index (χ0v) is 23.2. The number of ether oxygens (including phenoxy) is 1. The summed E-state index contributed by atoms with van der Waals surface area (Å²) < 4.78 is 29.3. The number of aromatic amines is 1. The zero-order valence-electron chi connectivity index (χ0n) is 16.7. The summed E-state index contributed by atoms with van der Waals surface area (Å²) in [6, 6.07) is 6.20. The van der Waals surface area contributed by atoms with Crippen molar-refractivity contribution in [3.05, 3.63) is 53.7 Å². The molecular formula is C20H15FI3N4O5-. The topological polar surface area (TPSA) is 115 Å². The van der Waals surface area contributed by atoms with Gasteiger partial charge in [0.2, 0.25) is 0 Å². The third-order valence-electron chi connectivity index (χ3n) is 4.86. The van der Waals surface area contributed by atoms with E-state index in [1.54, 1.807) is 70.5 Å². The van der Waals surface area contributed by atoms with Crippen molar-refractivity contribution >= 4 is 67.3 Å². The van der Waals surface area contributed by atoms with Crippen LogP contribution in [0.15, 0.2) is 36.7 Å². The second-order valence-corrected chi connectivity index (χ2v) is 10.5. The Morgan fingerprint density at radius 1 is 1.33 bits per heavy atom. The van der Waals surface area contributed by atoms with Gasteiger partial charge in [-0.25, -0.2) is 0 Å². The van der Waals surface area contributed by atoms with Gasteiger partial charge in [-0.2, -0.15) is 0 Å². The van der Waals surface area contributed by atoms with Crippen LogP contribution in [0, 0.1) is 5.82 Å². The van der Waals surface area contributed by atoms with Crippen molar-refractivity contribution in [1.82, 2.24) is 15.3 Å². The number of benzene rings is 1. The number of amides is 1. The predicted octanol–water partition coefficient (Wildman–Crippen LogP) is 2.06. The van der Waals surface area contributed by atoms with Crippen LogP contribution in [0.3, 0.4) is 0 Å². The van der Waals surface area contributed by atoms with Crippen LogP contribution < -0.4 is 39.6 Å². The SMILES string of the molecule is COc1c(F)cccc1Nc1c(-c2ccncc2OI)[nH]c2c1C(=O)NCC2[I-]C(=O)OI. The fraction of sp³-hybridized carbons (Fsp3) is 0.150. The van der Waals surface area contributed by atoms with Crippen molar-refractivity contribution in [3.8, 4) is 22.8 Å². The number of hydrogen-bond acceptors (Lipinski definition) is 7. The Morgan fingerprint density at radius 3 is 2.88 bits per heavy atom. The van der Waals surface area contributed by atoms with Gasteiger partial charge in [-0.1, -0.05) is 0 Å². The van der Waals surface area contributed by atoms with Crippen molar-refractivity contribution in [1.29, 1.82) is 0 Å². The summed E-state index contributed by atoms with van der Waals surface area (Å²) in [6.07, 6.45) is 3.14. The maximum atomic E-state index is 14.4. The maximum absolute atomic E-state index is 14.4. The van der Waals surface area contributed by atoms with Crippen molar-refractivity contribution in [2.24, 2.45) is 0 Å². The molecule has 33 heavy (non-hydrogen) atoms. The standard InChI is InChI=1S/C20H15FI3N4O5/c1-31-18-10(21)3-2-4-12(18)27-17-14-16(11(7-26-19(14)29)24-20(30)33-23)28-15(17)9-5-6-25-8-13(9)32-22/h2-6,8,11,27-28H,7H2,1H3,(H,26,29)/q-1. The van der Waals surface area contributed by atoms with E-state index in [0.717, 1.165) is 0 Å². The van der Waals surface area contributed by atoms with E-state index in [1.165, 1.54) is 19.2 Å². The summed E-state index contributed by atoms with van der Waals surface area (Å²) in [4.78, 5) is 32.4. The number of rotatable bonds is 7. The quantitative estimate of drug-likeness (QED) is 0.191. The van der Waals surface area contributed by atoms with Gasteiger partial charge in [0, 0.05) is 0 Å². The fourth-order valence-corrected chi connectivity index (χ4v) is 6.43. The molecule has 2 aromatic heterocycles. The minimum absolute atomic E-state index is 0.00664. The molecule has 174 valence electrons. The molecule has 3 heterocycles. The van der Waals surface area contributed by atoms with Crippen LogP contribution >= 0.6 is 46.0 Å². The van der Waals surface area contributed by atoms with Crippen molar-refractivity contribution in [3.63, 3.8) is 0 Å². The van der Waals surface area contributed by atoms with E-state index in [0.29, 0.717) is 46.2 Å². The van der Waals surface area contributed by atoms with Crippen molar-refractivity contribution in [2.45, 2.75) is 3.92 Å². The van der Waals surface area contributed by atoms with E-state index in [1.807, 2.05) is 0 Å². The molecule has 9 nitrogen and oxygen atoms in total. The monoisotopic (exact) mass is 791 g/mol. The molecule has 3 aromatic rings. The van der Waals surface area contributed by atoms with E-state index < -0.39 is 27.0 Å². The van der Waals surface area contributed by atoms with Gasteiger partial charge in [0.05, 0.1) is 0 Å². The predicted molar refractivity (Wildman–Crippen MR) is 130 cm³/mol. The molecule has 0 saturated carbocycles. The van der Waals surface area contributed by atoms with Gasteiger partial charge in [-0.15, -0.1) is 0 Å². The zero-order chi connectivity index (χ0) is 23.5. The van der Waals surface area contributed by atoms with Gasteiger partial charge in [0.15, 0.2) is 0 Å². The minimum atomic E-state index is -1.10. The third kappa shape index (κ3) is 4.84. The number of pyridine rings is 1. The summed E-state index contributed by atoms with van der Waals surface area (Å²) in [5, 5.41) is 6.01. The number of hydrogen-bond donors (Lipinski definition) is 3. The van der Waals surface area contributed by atoms with E-state index >= 15 is 0 Å². The molecule has 0 fully saturated rings. The fourth-order valence-electron chi connectivity index (χ4n) is 3.50. The molecular weight excluding hydrogens is 776 g/mol. The number of fused-ring (bicyclic) bond motifs is 1. The van der Waals surface area contributed by atoms with Crippen LogP contribution in [-0.2, 0) is 3.07 Å². The summed E-state index contributed by atoms with van der Waals surface area (Å²) in [7, 11) is 1.37. The Labute approximate surface area is 226 Å². The number of nitrogens with zero attached hydrogens (tertiary/aromatic N) is 1. The summed E-state index contributed by atoms with van der Waals surface area (Å²) in [5.41, 5.74) is 2.86. The van der Waals surface area contributed by atoms with E-state index in [9.17, 15) is 14.0 Å². The van der Waals surface area contributed by atoms with E-state index in [-0.39, 0.29) is 19.6 Å². The number of carbonyl (C=O) groups excluding carboxylic acids is 2. The molecule has 0 radical (unpaired) electrons. The molecule has 1 atom stereocenters. The number of aromatic nitrogens is 2. The van der Waals surface area contributed by atoms with Crippen LogP contribution in [0.5, 0.6) is 11.5 Å². The van der Waals surface area contributed by atoms with Gasteiger partial charge in [-0.05, 0) is 0 Å². The molecule has 1 aliphatic rings. The second-order valence-electron chi connectivity index (χ2n) is 6.66.